The van der Waals surface area contributed by atoms with E-state index in [0.29, 0.717) is 13.2 Å². The molecule has 0 unspecified atom stereocenters. The molecule has 1 aromatic carbocycles. The Morgan fingerprint density at radius 2 is 1.39 bits per heavy atom. The number of carbonyl (C=O) groups excluding carboxylic acids is 1. The molecule has 0 amide bonds. The molecule has 0 spiro atoms. The highest BCUT2D eigenvalue weighted by atomic mass is 16.5. The van der Waals surface area contributed by atoms with Crippen LogP contribution < -0.4 is 16.0 Å². The molecule has 0 saturated carbocycles. The minimum atomic E-state index is -0.150. The van der Waals surface area contributed by atoms with E-state index in [9.17, 15) is 4.79 Å². The van der Waals surface area contributed by atoms with E-state index in [-0.39, 0.29) is 5.97 Å². The molecule has 2 aliphatic heterocycles. The fourth-order valence-electron chi connectivity index (χ4n) is 3.85. The van der Waals surface area contributed by atoms with Crippen molar-refractivity contribution in [2.75, 3.05) is 52.4 Å². The van der Waals surface area contributed by atoms with Gasteiger partial charge in [-0.3, -0.25) is 9.69 Å². The highest BCUT2D eigenvalue weighted by Gasteiger charge is 2.19. The second-order valence-corrected chi connectivity index (χ2v) is 7.65. The molecule has 6 heteroatoms. The van der Waals surface area contributed by atoms with E-state index in [1.165, 1.54) is 33.4 Å². The van der Waals surface area contributed by atoms with Crippen molar-refractivity contribution < 1.29 is 9.53 Å². The molecule has 3 N–H and O–H groups in total. The molecular weight excluding hydrogens is 352 g/mol. The van der Waals surface area contributed by atoms with Crippen LogP contribution in [0, 0.1) is 27.7 Å². The maximum Gasteiger partial charge on any atom is 0.320 e. The molecule has 28 heavy (non-hydrogen) atoms. The van der Waals surface area contributed by atoms with Gasteiger partial charge in [0.15, 0.2) is 0 Å². The van der Waals surface area contributed by atoms with Crippen LogP contribution in [0.15, 0.2) is 0 Å². The molecule has 2 heterocycles. The molecule has 3 rings (SSSR count). The molecule has 0 atom stereocenters. The molecule has 1 aromatic rings. The average molecular weight is 391 g/mol. The van der Waals surface area contributed by atoms with Gasteiger partial charge in [-0.25, -0.2) is 0 Å². The van der Waals surface area contributed by atoms with Crippen molar-refractivity contribution in [1.29, 1.82) is 0 Å². The van der Waals surface area contributed by atoms with Gasteiger partial charge in [-0.1, -0.05) is 0 Å². The summed E-state index contributed by atoms with van der Waals surface area (Å²) in [5.41, 5.74) is 8.15. The summed E-state index contributed by atoms with van der Waals surface area (Å²) in [6.45, 7) is 18.6. The van der Waals surface area contributed by atoms with Crippen LogP contribution in [-0.4, -0.2) is 63.3 Å². The van der Waals surface area contributed by atoms with Crippen molar-refractivity contribution in [2.45, 2.75) is 47.7 Å². The summed E-state index contributed by atoms with van der Waals surface area (Å²) in [5, 5.41) is 10.5. The fraction of sp³-hybridized carbons (Fsp3) is 0.682. The first-order valence-corrected chi connectivity index (χ1v) is 10.5. The van der Waals surface area contributed by atoms with Crippen molar-refractivity contribution in [3.8, 4) is 0 Å². The maximum atomic E-state index is 12.1. The lowest BCUT2D eigenvalue weighted by atomic mass is 9.88. The Morgan fingerprint density at radius 3 is 2.00 bits per heavy atom. The monoisotopic (exact) mass is 390 g/mol. The summed E-state index contributed by atoms with van der Waals surface area (Å²) in [6, 6.07) is 0. The smallest absolute Gasteiger partial charge is 0.320 e. The summed E-state index contributed by atoms with van der Waals surface area (Å²) in [6.07, 6.45) is 0. The van der Waals surface area contributed by atoms with E-state index in [4.69, 9.17) is 4.74 Å². The van der Waals surface area contributed by atoms with E-state index >= 15 is 0 Å². The minimum Gasteiger partial charge on any atom is -0.465 e. The number of nitrogens with zero attached hydrogens (tertiary/aromatic N) is 1. The molecule has 6 nitrogen and oxygen atoms in total. The number of hydrogen-bond donors (Lipinski definition) is 3. The van der Waals surface area contributed by atoms with Crippen LogP contribution in [0.4, 0.5) is 0 Å². The minimum absolute atomic E-state index is 0.150. The van der Waals surface area contributed by atoms with Gasteiger partial charge in [-0.15, -0.1) is 0 Å². The lowest BCUT2D eigenvalue weighted by molar-refractivity contribution is -0.144. The number of nitrogens with one attached hydrogen (secondary N) is 3. The first-order valence-electron chi connectivity index (χ1n) is 10.5. The zero-order chi connectivity index (χ0) is 20.5. The topological polar surface area (TPSA) is 65.6 Å². The van der Waals surface area contributed by atoms with Gasteiger partial charge in [0.1, 0.15) is 0 Å². The first kappa shape index (κ1) is 22.8. The summed E-state index contributed by atoms with van der Waals surface area (Å²) >= 11 is 0. The molecule has 0 radical (unpaired) electrons. The van der Waals surface area contributed by atoms with Crippen LogP contribution >= 0.6 is 0 Å². The Balaban J connectivity index is 2.31. The molecular formula is C22H38N4O2. The average Bonchev–Trinajstić information content (AvgIpc) is 2.66. The third-order valence-corrected chi connectivity index (χ3v) is 5.84. The third-order valence-electron chi connectivity index (χ3n) is 5.84. The Labute approximate surface area is 170 Å². The summed E-state index contributed by atoms with van der Waals surface area (Å²) in [5.74, 6) is -0.150. The summed E-state index contributed by atoms with van der Waals surface area (Å²) < 4.78 is 5.20. The van der Waals surface area contributed by atoms with Crippen LogP contribution in [0.2, 0.25) is 0 Å². The Kier molecular flexibility index (Phi) is 9.38. The lowest BCUT2D eigenvalue weighted by Crippen LogP contribution is -2.39. The number of carbonyl (C=O) groups is 1. The van der Waals surface area contributed by atoms with Crippen LogP contribution in [-0.2, 0) is 22.6 Å². The molecule has 2 aliphatic rings. The first-order chi connectivity index (χ1) is 13.5. The number of ether oxygens (including phenoxy) is 1. The van der Waals surface area contributed by atoms with Gasteiger partial charge >= 0.3 is 5.97 Å². The predicted octanol–water partition coefficient (Wildman–Crippen LogP) is 1.57. The van der Waals surface area contributed by atoms with Crippen LogP contribution in [0.25, 0.3) is 0 Å². The predicted molar refractivity (Wildman–Crippen MR) is 115 cm³/mol. The lowest BCUT2D eigenvalue weighted by Gasteiger charge is -2.27. The maximum absolute atomic E-state index is 12.1. The van der Waals surface area contributed by atoms with E-state index in [2.05, 4.69) is 48.5 Å². The molecule has 0 fully saturated rings. The highest BCUT2D eigenvalue weighted by molar-refractivity contribution is 5.71. The van der Waals surface area contributed by atoms with Crippen molar-refractivity contribution in [2.24, 2.45) is 0 Å². The second kappa shape index (κ2) is 11.5. The van der Waals surface area contributed by atoms with Crippen molar-refractivity contribution in [3.63, 3.8) is 0 Å². The molecule has 2 bridgehead atoms. The number of benzene rings is 1. The molecule has 0 saturated heterocycles. The van der Waals surface area contributed by atoms with Crippen LogP contribution in [0.1, 0.15) is 40.3 Å². The van der Waals surface area contributed by atoms with Crippen molar-refractivity contribution in [3.05, 3.63) is 33.4 Å². The number of rotatable bonds is 3. The van der Waals surface area contributed by atoms with Gasteiger partial charge in [0.25, 0.3) is 0 Å². The van der Waals surface area contributed by atoms with Gasteiger partial charge in [0.05, 0.1) is 13.2 Å². The van der Waals surface area contributed by atoms with Crippen LogP contribution in [0.3, 0.4) is 0 Å². The molecule has 0 aliphatic carbocycles. The van der Waals surface area contributed by atoms with Gasteiger partial charge in [0, 0.05) is 52.4 Å². The third kappa shape index (κ3) is 6.27. The number of esters is 1. The zero-order valence-electron chi connectivity index (χ0n) is 18.3. The Morgan fingerprint density at radius 1 is 0.857 bits per heavy atom. The van der Waals surface area contributed by atoms with Gasteiger partial charge in [-0.2, -0.15) is 0 Å². The van der Waals surface area contributed by atoms with Crippen molar-refractivity contribution in [1.82, 2.24) is 20.9 Å². The molecule has 158 valence electrons. The van der Waals surface area contributed by atoms with E-state index in [0.717, 1.165) is 52.4 Å². The van der Waals surface area contributed by atoms with E-state index < -0.39 is 0 Å². The Hall–Kier alpha value is -1.47. The highest BCUT2D eigenvalue weighted by Crippen LogP contribution is 2.27. The van der Waals surface area contributed by atoms with Gasteiger partial charge in [-0.05, 0) is 68.0 Å². The normalized spacial score (nSPS) is 17.6. The fourth-order valence-corrected chi connectivity index (χ4v) is 3.85. The van der Waals surface area contributed by atoms with E-state index in [1.807, 2.05) is 6.92 Å². The van der Waals surface area contributed by atoms with Crippen LogP contribution in [0.5, 0.6) is 0 Å². The van der Waals surface area contributed by atoms with Gasteiger partial charge in [0.2, 0.25) is 0 Å². The number of fused-ring (bicyclic) bond motifs is 13. The standard InChI is InChI=1S/C22H38N4O2/c1-6-28-22(27)15-26-12-11-24-8-7-23-9-10-25-13-20-16(2)18(4)21(14-26)19(5)17(20)3/h23-25H,6-15H2,1-5H3. The largest absolute Gasteiger partial charge is 0.465 e. The summed E-state index contributed by atoms with van der Waals surface area (Å²) in [4.78, 5) is 14.3. The Bertz CT molecular complexity index is 631. The molecule has 0 aromatic heterocycles. The van der Waals surface area contributed by atoms with Gasteiger partial charge < -0.3 is 20.7 Å². The van der Waals surface area contributed by atoms with Crippen molar-refractivity contribution >= 4 is 5.97 Å². The second-order valence-electron chi connectivity index (χ2n) is 7.65. The van der Waals surface area contributed by atoms with E-state index in [1.54, 1.807) is 0 Å². The number of hydrogen-bond acceptors (Lipinski definition) is 6. The zero-order valence-corrected chi connectivity index (χ0v) is 18.3. The summed E-state index contributed by atoms with van der Waals surface area (Å²) in [7, 11) is 0. The SMILES string of the molecule is CCOC(=O)CN1CCNCCNCCNCc2c(C)c(C)c(c(C)c2C)C1. The quantitative estimate of drug-likeness (QED) is 0.538.